The third-order valence-corrected chi connectivity index (χ3v) is 3.80. The van der Waals surface area contributed by atoms with Crippen LogP contribution in [0.4, 0.5) is 0 Å². The van der Waals surface area contributed by atoms with Crippen molar-refractivity contribution in [2.45, 2.75) is 6.92 Å². The summed E-state index contributed by atoms with van der Waals surface area (Å²) in [6.07, 6.45) is 6.01. The van der Waals surface area contributed by atoms with Gasteiger partial charge in [-0.2, -0.15) is 4.40 Å². The molecule has 3 heterocycles. The van der Waals surface area contributed by atoms with E-state index in [0.29, 0.717) is 0 Å². The Morgan fingerprint density at radius 2 is 1.95 bits per heavy atom. The molecule has 1 aromatic carbocycles. The van der Waals surface area contributed by atoms with Gasteiger partial charge in [0.05, 0.1) is 17.8 Å². The molecule has 0 saturated carbocycles. The van der Waals surface area contributed by atoms with Crippen molar-refractivity contribution >= 4 is 27.5 Å². The van der Waals surface area contributed by atoms with Gasteiger partial charge in [0.2, 0.25) is 5.65 Å². The smallest absolute Gasteiger partial charge is 0.232 e. The first-order valence-corrected chi connectivity index (χ1v) is 6.40. The number of hydrogen-bond donors (Lipinski definition) is 0. The first-order valence-electron chi connectivity index (χ1n) is 6.40. The summed E-state index contributed by atoms with van der Waals surface area (Å²) in [7, 11) is 2.08. The summed E-state index contributed by atoms with van der Waals surface area (Å²) in [5.74, 6) is 0. The molecule has 3 nitrogen and oxygen atoms in total. The van der Waals surface area contributed by atoms with Gasteiger partial charge >= 0.3 is 0 Å². The van der Waals surface area contributed by atoms with Gasteiger partial charge in [-0.15, -0.1) is 0 Å². The molecule has 0 fully saturated rings. The molecule has 0 aliphatic rings. The van der Waals surface area contributed by atoms with Crippen LogP contribution in [0.2, 0.25) is 0 Å². The van der Waals surface area contributed by atoms with Crippen LogP contribution in [-0.4, -0.2) is 9.38 Å². The number of pyridine rings is 2. The minimum atomic E-state index is 1.01. The average Bonchev–Trinajstić information content (AvgIpc) is 2.82. The van der Waals surface area contributed by atoms with Crippen molar-refractivity contribution in [3.8, 4) is 0 Å². The molecule has 0 spiro atoms. The van der Waals surface area contributed by atoms with Crippen molar-refractivity contribution in [3.63, 3.8) is 0 Å². The van der Waals surface area contributed by atoms with E-state index in [1.54, 1.807) is 0 Å². The molecule has 0 radical (unpaired) electrons. The lowest BCUT2D eigenvalue weighted by Gasteiger charge is -2.05. The van der Waals surface area contributed by atoms with E-state index in [0.717, 1.165) is 5.65 Å². The quantitative estimate of drug-likeness (QED) is 0.346. The monoisotopic (exact) mass is 248 g/mol. The van der Waals surface area contributed by atoms with Crippen LogP contribution >= 0.6 is 0 Å². The highest BCUT2D eigenvalue weighted by molar-refractivity contribution is 6.11. The molecular formula is C16H14N3+. The highest BCUT2D eigenvalue weighted by Gasteiger charge is 2.18. The molecule has 0 bridgehead atoms. The maximum absolute atomic E-state index is 4.55. The molecule has 0 saturated heterocycles. The van der Waals surface area contributed by atoms with Crippen molar-refractivity contribution in [3.05, 3.63) is 54.5 Å². The normalized spacial score (nSPS) is 11.7. The maximum atomic E-state index is 4.55. The van der Waals surface area contributed by atoms with E-state index in [1.165, 1.54) is 27.4 Å². The Kier molecular flexibility index (Phi) is 1.96. The van der Waals surface area contributed by atoms with E-state index in [9.17, 15) is 0 Å². The molecule has 0 N–H and O–H groups in total. The molecule has 0 unspecified atom stereocenters. The molecule has 0 aliphatic carbocycles. The Hall–Kier alpha value is -2.42. The molecule has 92 valence electrons. The SMILES string of the molecule is Cc1cccc2c3cccnc3n3cc[n+](C)c3c12. The van der Waals surface area contributed by atoms with Crippen LogP contribution in [0.3, 0.4) is 0 Å². The predicted molar refractivity (Wildman–Crippen MR) is 76.1 cm³/mol. The fourth-order valence-corrected chi connectivity index (χ4v) is 2.93. The largest absolute Gasteiger partial charge is 0.296 e. The Labute approximate surface area is 110 Å². The van der Waals surface area contributed by atoms with Crippen molar-refractivity contribution in [2.75, 3.05) is 0 Å². The molecule has 3 aromatic heterocycles. The lowest BCUT2D eigenvalue weighted by Crippen LogP contribution is -2.26. The number of nitrogens with zero attached hydrogens (tertiary/aromatic N) is 3. The number of imidazole rings is 1. The highest BCUT2D eigenvalue weighted by Crippen LogP contribution is 2.28. The Morgan fingerprint density at radius 1 is 1.11 bits per heavy atom. The third-order valence-electron chi connectivity index (χ3n) is 3.80. The summed E-state index contributed by atoms with van der Waals surface area (Å²) in [6.45, 7) is 2.16. The van der Waals surface area contributed by atoms with Crippen molar-refractivity contribution in [1.29, 1.82) is 0 Å². The van der Waals surface area contributed by atoms with Gasteiger partial charge in [0.1, 0.15) is 12.4 Å². The molecule has 4 aromatic rings. The molecule has 0 aliphatic heterocycles. The molecule has 0 amide bonds. The van der Waals surface area contributed by atoms with E-state index in [4.69, 9.17) is 0 Å². The molecule has 19 heavy (non-hydrogen) atoms. The summed E-state index contributed by atoms with van der Waals surface area (Å²) in [5.41, 5.74) is 3.50. The zero-order valence-electron chi connectivity index (χ0n) is 11.0. The van der Waals surface area contributed by atoms with E-state index in [-0.39, 0.29) is 0 Å². The van der Waals surface area contributed by atoms with Gasteiger partial charge in [-0.3, -0.25) is 0 Å². The molecule has 0 atom stereocenters. The first kappa shape index (κ1) is 10.5. The van der Waals surface area contributed by atoms with E-state index in [1.807, 2.05) is 12.3 Å². The average molecular weight is 248 g/mol. The topological polar surface area (TPSA) is 21.2 Å². The second kappa shape index (κ2) is 3.54. The molecular weight excluding hydrogens is 234 g/mol. The summed E-state index contributed by atoms with van der Waals surface area (Å²) in [4.78, 5) is 4.55. The number of benzene rings is 1. The van der Waals surface area contributed by atoms with Crippen LogP contribution in [0, 0.1) is 6.92 Å². The van der Waals surface area contributed by atoms with E-state index < -0.39 is 0 Å². The number of hydrogen-bond acceptors (Lipinski definition) is 1. The Morgan fingerprint density at radius 3 is 2.84 bits per heavy atom. The maximum Gasteiger partial charge on any atom is 0.296 e. The first-order chi connectivity index (χ1) is 9.27. The Balaban J connectivity index is 2.49. The van der Waals surface area contributed by atoms with Crippen LogP contribution in [0.25, 0.3) is 27.5 Å². The lowest BCUT2D eigenvalue weighted by atomic mass is 10.0. The number of rotatable bonds is 0. The summed E-state index contributed by atoms with van der Waals surface area (Å²) in [5, 5.41) is 3.77. The second-order valence-electron chi connectivity index (χ2n) is 4.97. The van der Waals surface area contributed by atoms with Crippen LogP contribution in [0.1, 0.15) is 5.56 Å². The van der Waals surface area contributed by atoms with Crippen LogP contribution < -0.4 is 4.57 Å². The van der Waals surface area contributed by atoms with E-state index in [2.05, 4.69) is 64.6 Å². The highest BCUT2D eigenvalue weighted by atomic mass is 15.1. The van der Waals surface area contributed by atoms with Crippen molar-refractivity contribution in [1.82, 2.24) is 9.38 Å². The van der Waals surface area contributed by atoms with Crippen LogP contribution in [0.5, 0.6) is 0 Å². The van der Waals surface area contributed by atoms with Gasteiger partial charge in [0, 0.05) is 11.6 Å². The van der Waals surface area contributed by atoms with Crippen molar-refractivity contribution < 1.29 is 4.57 Å². The van der Waals surface area contributed by atoms with Gasteiger partial charge < -0.3 is 0 Å². The van der Waals surface area contributed by atoms with Gasteiger partial charge in [-0.1, -0.05) is 18.2 Å². The minimum absolute atomic E-state index is 1.01. The third kappa shape index (κ3) is 1.27. The number of aryl methyl sites for hydroxylation is 2. The van der Waals surface area contributed by atoms with Gasteiger partial charge in [0.15, 0.2) is 0 Å². The van der Waals surface area contributed by atoms with Crippen LogP contribution in [0.15, 0.2) is 48.9 Å². The predicted octanol–water partition coefficient (Wildman–Crippen LogP) is 2.77. The summed E-state index contributed by atoms with van der Waals surface area (Å²) in [6, 6.07) is 10.6. The summed E-state index contributed by atoms with van der Waals surface area (Å²) >= 11 is 0. The van der Waals surface area contributed by atoms with Gasteiger partial charge in [-0.25, -0.2) is 9.55 Å². The van der Waals surface area contributed by atoms with Gasteiger partial charge in [0.25, 0.3) is 5.65 Å². The summed E-state index contributed by atoms with van der Waals surface area (Å²) < 4.78 is 4.33. The van der Waals surface area contributed by atoms with Crippen LogP contribution in [-0.2, 0) is 7.05 Å². The standard InChI is InChI=1S/C16H14N3/c1-11-5-3-6-12-13-7-4-8-17-15(13)19-10-9-18(2)16(19)14(11)12/h3-10H,1-2H3/q+1. The molecule has 4 rings (SSSR count). The molecule has 3 heteroatoms. The minimum Gasteiger partial charge on any atom is -0.232 e. The fraction of sp³-hybridized carbons (Fsp3) is 0.125. The van der Waals surface area contributed by atoms with Crippen molar-refractivity contribution in [2.24, 2.45) is 7.05 Å². The fourth-order valence-electron chi connectivity index (χ4n) is 2.93. The Bertz CT molecular complexity index is 935. The number of fused-ring (bicyclic) bond motifs is 6. The lowest BCUT2D eigenvalue weighted by molar-refractivity contribution is -0.643. The number of aromatic nitrogens is 3. The zero-order valence-corrected chi connectivity index (χ0v) is 11.0. The van der Waals surface area contributed by atoms with E-state index >= 15 is 0 Å². The second-order valence-corrected chi connectivity index (χ2v) is 4.97. The van der Waals surface area contributed by atoms with Gasteiger partial charge in [-0.05, 0) is 24.6 Å². The zero-order chi connectivity index (χ0) is 13.0.